The summed E-state index contributed by atoms with van der Waals surface area (Å²) in [5, 5.41) is 0. The summed E-state index contributed by atoms with van der Waals surface area (Å²) in [5.41, 5.74) is 2.53. The van der Waals surface area contributed by atoms with Gasteiger partial charge in [0.25, 0.3) is 6.47 Å². The lowest BCUT2D eigenvalue weighted by Crippen LogP contribution is -2.50. The van der Waals surface area contributed by atoms with Crippen molar-refractivity contribution >= 4 is 12.4 Å². The number of fused-ring (bicyclic) bond motifs is 5. The Balaban J connectivity index is 1.50. The number of carbonyl (C=O) groups excluding carboxylic acids is 2. The summed E-state index contributed by atoms with van der Waals surface area (Å²) >= 11 is 0. The molecule has 4 nitrogen and oxygen atoms in total. The number of esters is 1. The van der Waals surface area contributed by atoms with E-state index in [9.17, 15) is 9.59 Å². The highest BCUT2D eigenvalue weighted by atomic mass is 16.5. The molecule has 0 aromatic heterocycles. The van der Waals surface area contributed by atoms with Crippen LogP contribution < -0.4 is 0 Å². The van der Waals surface area contributed by atoms with Crippen molar-refractivity contribution in [2.24, 2.45) is 40.4 Å². The summed E-state index contributed by atoms with van der Waals surface area (Å²) in [7, 11) is 0. The van der Waals surface area contributed by atoms with Crippen LogP contribution in [0.3, 0.4) is 0 Å². The van der Waals surface area contributed by atoms with Crippen molar-refractivity contribution in [2.45, 2.75) is 91.6 Å². The van der Waals surface area contributed by atoms with Crippen molar-refractivity contribution in [3.05, 3.63) is 11.6 Å². The van der Waals surface area contributed by atoms with Crippen LogP contribution in [0.1, 0.15) is 85.5 Å². The number of hydrogen-bond acceptors (Lipinski definition) is 4. The molecule has 0 N–H and O–H groups in total. The van der Waals surface area contributed by atoms with Gasteiger partial charge in [-0.1, -0.05) is 32.4 Å². The van der Waals surface area contributed by atoms with Gasteiger partial charge in [0.05, 0.1) is 6.61 Å². The molecular weight excluding hydrogens is 376 g/mol. The van der Waals surface area contributed by atoms with Gasteiger partial charge in [0, 0.05) is 6.92 Å². The Morgan fingerprint density at radius 2 is 1.90 bits per heavy atom. The van der Waals surface area contributed by atoms with E-state index in [0.717, 1.165) is 37.5 Å². The summed E-state index contributed by atoms with van der Waals surface area (Å²) in [6.07, 6.45) is 13.4. The standard InChI is InChI=1S/C26H40O4/c1-17(11-14-29-16-27)22-7-8-23-21-6-5-19-15-20(30-18(2)28)9-12-25(19,3)24(21)10-13-26(22,23)4/h6,16-17,19-20,22-24H,5,7-15H2,1-4H3/t17?,19?,20-,22+,23-,24-,25-,26+/m0/s1. The van der Waals surface area contributed by atoms with Gasteiger partial charge in [-0.15, -0.1) is 0 Å². The number of ether oxygens (including phenoxy) is 2. The molecule has 0 spiro atoms. The molecule has 3 saturated carbocycles. The Hall–Kier alpha value is -1.32. The zero-order chi connectivity index (χ0) is 21.5. The molecule has 0 radical (unpaired) electrons. The fourth-order valence-electron chi connectivity index (χ4n) is 8.29. The second-order valence-electron chi connectivity index (χ2n) is 11.2. The van der Waals surface area contributed by atoms with Crippen molar-refractivity contribution in [1.29, 1.82) is 0 Å². The average Bonchev–Trinajstić information content (AvgIpc) is 3.05. The molecule has 4 aliphatic carbocycles. The van der Waals surface area contributed by atoms with E-state index in [0.29, 0.717) is 41.7 Å². The maximum atomic E-state index is 11.4. The minimum atomic E-state index is -0.131. The lowest BCUT2D eigenvalue weighted by atomic mass is 9.47. The monoisotopic (exact) mass is 416 g/mol. The minimum Gasteiger partial charge on any atom is -0.468 e. The molecule has 3 fully saturated rings. The van der Waals surface area contributed by atoms with Crippen molar-refractivity contribution < 1.29 is 19.1 Å². The van der Waals surface area contributed by atoms with Gasteiger partial charge >= 0.3 is 5.97 Å². The average molecular weight is 417 g/mol. The number of hydrogen-bond donors (Lipinski definition) is 0. The van der Waals surface area contributed by atoms with E-state index in [2.05, 4.69) is 26.8 Å². The molecule has 0 saturated heterocycles. The third-order valence-corrected chi connectivity index (χ3v) is 9.88. The maximum absolute atomic E-state index is 11.4. The molecule has 0 heterocycles. The Kier molecular flexibility index (Phi) is 6.07. The molecule has 8 atom stereocenters. The van der Waals surface area contributed by atoms with Crippen LogP contribution in [0, 0.1) is 40.4 Å². The van der Waals surface area contributed by atoms with Crippen LogP contribution in [0.15, 0.2) is 11.6 Å². The predicted octanol–water partition coefficient (Wildman–Crippen LogP) is 5.70. The van der Waals surface area contributed by atoms with E-state index >= 15 is 0 Å². The first-order valence-electron chi connectivity index (χ1n) is 12.2. The van der Waals surface area contributed by atoms with E-state index in [1.54, 1.807) is 5.57 Å². The fourth-order valence-corrected chi connectivity index (χ4v) is 8.29. The second kappa shape index (κ2) is 8.31. The van der Waals surface area contributed by atoms with E-state index in [4.69, 9.17) is 9.47 Å². The van der Waals surface area contributed by atoms with Gasteiger partial charge < -0.3 is 9.47 Å². The van der Waals surface area contributed by atoms with Crippen LogP contribution in [-0.2, 0) is 19.1 Å². The van der Waals surface area contributed by atoms with Gasteiger partial charge in [0.1, 0.15) is 6.10 Å². The Bertz CT molecular complexity index is 699. The topological polar surface area (TPSA) is 52.6 Å². The predicted molar refractivity (Wildman–Crippen MR) is 117 cm³/mol. The van der Waals surface area contributed by atoms with Crippen LogP contribution in [-0.4, -0.2) is 25.2 Å². The van der Waals surface area contributed by atoms with Crippen molar-refractivity contribution in [2.75, 3.05) is 6.61 Å². The lowest BCUT2D eigenvalue weighted by Gasteiger charge is -2.58. The fraction of sp³-hybridized carbons (Fsp3) is 0.846. The Morgan fingerprint density at radius 1 is 1.17 bits per heavy atom. The summed E-state index contributed by atoms with van der Waals surface area (Å²) < 4.78 is 10.6. The second-order valence-corrected chi connectivity index (χ2v) is 11.2. The quantitative estimate of drug-likeness (QED) is 0.241. The summed E-state index contributed by atoms with van der Waals surface area (Å²) in [4.78, 5) is 22.0. The third-order valence-electron chi connectivity index (χ3n) is 9.88. The molecule has 4 aliphatic rings. The lowest BCUT2D eigenvalue weighted by molar-refractivity contribution is -0.152. The van der Waals surface area contributed by atoms with E-state index < -0.39 is 0 Å². The third kappa shape index (κ3) is 3.62. The molecule has 0 aromatic carbocycles. The molecule has 0 aliphatic heterocycles. The normalized spacial score (nSPS) is 43.5. The molecule has 30 heavy (non-hydrogen) atoms. The van der Waals surface area contributed by atoms with Crippen LogP contribution in [0.4, 0.5) is 0 Å². The van der Waals surface area contributed by atoms with Gasteiger partial charge in [-0.25, -0.2) is 0 Å². The van der Waals surface area contributed by atoms with Crippen LogP contribution in [0.2, 0.25) is 0 Å². The number of allylic oxidation sites excluding steroid dienone is 2. The Morgan fingerprint density at radius 3 is 2.63 bits per heavy atom. The largest absolute Gasteiger partial charge is 0.468 e. The first-order chi connectivity index (χ1) is 14.3. The van der Waals surface area contributed by atoms with E-state index in [-0.39, 0.29) is 12.1 Å². The van der Waals surface area contributed by atoms with Crippen molar-refractivity contribution in [1.82, 2.24) is 0 Å². The van der Waals surface area contributed by atoms with E-state index in [1.165, 1.54) is 39.0 Å². The van der Waals surface area contributed by atoms with Gasteiger partial charge in [-0.3, -0.25) is 9.59 Å². The highest BCUT2D eigenvalue weighted by Gasteiger charge is 2.58. The van der Waals surface area contributed by atoms with Gasteiger partial charge in [-0.05, 0) is 98.2 Å². The molecule has 0 bridgehead atoms. The van der Waals surface area contributed by atoms with Gasteiger partial charge in [-0.2, -0.15) is 0 Å². The first kappa shape index (κ1) is 21.9. The number of rotatable bonds is 6. The molecule has 0 aromatic rings. The molecule has 4 heteroatoms. The number of carbonyl (C=O) groups is 2. The van der Waals surface area contributed by atoms with E-state index in [1.807, 2.05) is 0 Å². The van der Waals surface area contributed by atoms with Crippen molar-refractivity contribution in [3.8, 4) is 0 Å². The highest BCUT2D eigenvalue weighted by Crippen LogP contribution is 2.67. The first-order valence-corrected chi connectivity index (χ1v) is 12.2. The van der Waals surface area contributed by atoms with Crippen molar-refractivity contribution in [3.63, 3.8) is 0 Å². The molecule has 4 rings (SSSR count). The molecule has 0 amide bonds. The zero-order valence-electron chi connectivity index (χ0n) is 19.3. The summed E-state index contributed by atoms with van der Waals surface area (Å²) in [6, 6.07) is 0. The molecular formula is C26H40O4. The van der Waals surface area contributed by atoms with Crippen LogP contribution in [0.5, 0.6) is 0 Å². The van der Waals surface area contributed by atoms with Gasteiger partial charge in [0.2, 0.25) is 0 Å². The summed E-state index contributed by atoms with van der Waals surface area (Å²) in [5.74, 6) is 3.27. The van der Waals surface area contributed by atoms with Crippen LogP contribution in [0.25, 0.3) is 0 Å². The smallest absolute Gasteiger partial charge is 0.302 e. The zero-order valence-corrected chi connectivity index (χ0v) is 19.3. The van der Waals surface area contributed by atoms with Crippen LogP contribution >= 0.6 is 0 Å². The highest BCUT2D eigenvalue weighted by molar-refractivity contribution is 5.66. The maximum Gasteiger partial charge on any atom is 0.302 e. The molecule has 168 valence electrons. The van der Waals surface area contributed by atoms with Gasteiger partial charge in [0.15, 0.2) is 0 Å². The Labute approximate surface area is 182 Å². The SMILES string of the molecule is CC(=O)O[C@H]1CC[C@@]2(C)C(CC=C3[C@@H]4CC[C@H](C(C)CCOC=O)[C@@]4(C)CC[C@@H]32)C1. The summed E-state index contributed by atoms with van der Waals surface area (Å²) in [6.45, 7) is 10.1. The minimum absolute atomic E-state index is 0.120. The molecule has 2 unspecified atom stereocenters.